The summed E-state index contributed by atoms with van der Waals surface area (Å²) in [5, 5.41) is 9.35. The maximum absolute atomic E-state index is 12.1. The predicted molar refractivity (Wildman–Crippen MR) is 59.6 cm³/mol. The van der Waals surface area contributed by atoms with E-state index in [9.17, 15) is 27.1 Å². The third-order valence-corrected chi connectivity index (χ3v) is 2.06. The second kappa shape index (κ2) is 6.76. The van der Waals surface area contributed by atoms with E-state index in [1.165, 1.54) is 0 Å². The van der Waals surface area contributed by atoms with E-state index in [2.05, 4.69) is 4.74 Å². The molecule has 110 valence electrons. The van der Waals surface area contributed by atoms with Crippen molar-refractivity contribution in [3.63, 3.8) is 0 Å². The largest absolute Gasteiger partial charge is 0.573 e. The number of ether oxygens (including phenoxy) is 1. The highest BCUT2D eigenvalue weighted by molar-refractivity contribution is 5.85. The van der Waals surface area contributed by atoms with Crippen LogP contribution in [0.15, 0.2) is 18.2 Å². The predicted octanol–water partition coefficient (Wildman–Crippen LogP) is 3.37. The number of rotatable bonds is 4. The van der Waals surface area contributed by atoms with Crippen molar-refractivity contribution in [1.29, 1.82) is 0 Å². The van der Waals surface area contributed by atoms with Crippen LogP contribution < -0.4 is 10.5 Å². The fourth-order valence-corrected chi connectivity index (χ4v) is 1.35. The number of benzene rings is 1. The van der Waals surface area contributed by atoms with Gasteiger partial charge in [-0.25, -0.2) is 8.78 Å². The summed E-state index contributed by atoms with van der Waals surface area (Å²) in [7, 11) is 0. The molecule has 0 radical (unpaired) electrons. The number of hydrogen-bond acceptors (Lipinski definition) is 3. The number of alkyl halides is 5. The van der Waals surface area contributed by atoms with Gasteiger partial charge in [-0.1, -0.05) is 0 Å². The molecule has 9 heteroatoms. The van der Waals surface area contributed by atoms with Gasteiger partial charge in [0, 0.05) is 18.0 Å². The molecule has 0 fully saturated rings. The summed E-state index contributed by atoms with van der Waals surface area (Å²) in [6.45, 7) is 0. The normalized spacial score (nSPS) is 13.0. The highest BCUT2D eigenvalue weighted by atomic mass is 35.5. The maximum Gasteiger partial charge on any atom is 0.573 e. The Bertz CT molecular complexity index is 413. The van der Waals surface area contributed by atoms with Crippen molar-refractivity contribution < 1.29 is 31.8 Å². The molecule has 1 aromatic rings. The van der Waals surface area contributed by atoms with Crippen molar-refractivity contribution in [1.82, 2.24) is 0 Å². The SMILES string of the molecule is Cl.N[C@@H](CC(F)F)c1cc(OC(F)(F)F)ccc1O. The lowest BCUT2D eigenvalue weighted by Crippen LogP contribution is -2.18. The molecule has 1 atom stereocenters. The molecule has 0 saturated carbocycles. The van der Waals surface area contributed by atoms with Gasteiger partial charge in [0.25, 0.3) is 0 Å². The van der Waals surface area contributed by atoms with E-state index in [1.54, 1.807) is 0 Å². The first-order chi connectivity index (χ1) is 8.19. The molecule has 0 unspecified atom stereocenters. The van der Waals surface area contributed by atoms with E-state index in [1.807, 2.05) is 0 Å². The minimum atomic E-state index is -4.90. The van der Waals surface area contributed by atoms with Crippen LogP contribution in [0.5, 0.6) is 11.5 Å². The first-order valence-corrected chi connectivity index (χ1v) is 4.81. The van der Waals surface area contributed by atoms with Crippen molar-refractivity contribution in [3.05, 3.63) is 23.8 Å². The zero-order valence-corrected chi connectivity index (χ0v) is 10.1. The van der Waals surface area contributed by atoms with Crippen LogP contribution in [0.3, 0.4) is 0 Å². The van der Waals surface area contributed by atoms with Gasteiger partial charge in [0.05, 0.1) is 0 Å². The van der Waals surface area contributed by atoms with Gasteiger partial charge in [-0.3, -0.25) is 0 Å². The zero-order valence-electron chi connectivity index (χ0n) is 9.32. The summed E-state index contributed by atoms with van der Waals surface area (Å²) in [6, 6.07) is 1.28. The lowest BCUT2D eigenvalue weighted by atomic mass is 10.0. The number of nitrogens with two attached hydrogens (primary N) is 1. The van der Waals surface area contributed by atoms with Crippen molar-refractivity contribution in [2.45, 2.75) is 25.3 Å². The molecule has 3 N–H and O–H groups in total. The maximum atomic E-state index is 12.1. The number of halogens is 6. The molecule has 0 spiro atoms. The minimum absolute atomic E-state index is 0. The highest BCUT2D eigenvalue weighted by Crippen LogP contribution is 2.32. The van der Waals surface area contributed by atoms with Crippen LogP contribution in [0.2, 0.25) is 0 Å². The van der Waals surface area contributed by atoms with Gasteiger partial charge in [0.1, 0.15) is 11.5 Å². The second-order valence-corrected chi connectivity index (χ2v) is 3.50. The van der Waals surface area contributed by atoms with Gasteiger partial charge in [-0.2, -0.15) is 0 Å². The van der Waals surface area contributed by atoms with Gasteiger partial charge in [-0.05, 0) is 18.2 Å². The molecule has 1 aromatic carbocycles. The zero-order chi connectivity index (χ0) is 13.9. The molecule has 0 heterocycles. The molecule has 0 bridgehead atoms. The lowest BCUT2D eigenvalue weighted by Gasteiger charge is -2.15. The minimum Gasteiger partial charge on any atom is -0.508 e. The Hall–Kier alpha value is -1.28. The molecular weight excluding hydrogens is 297 g/mol. The van der Waals surface area contributed by atoms with Crippen LogP contribution in [0.4, 0.5) is 22.0 Å². The molecule has 0 aliphatic heterocycles. The van der Waals surface area contributed by atoms with E-state index in [4.69, 9.17) is 5.73 Å². The number of aromatic hydroxyl groups is 1. The fourth-order valence-electron chi connectivity index (χ4n) is 1.35. The molecule has 3 nitrogen and oxygen atoms in total. The third kappa shape index (κ3) is 5.93. The Balaban J connectivity index is 0.00000324. The molecule has 0 aliphatic carbocycles. The van der Waals surface area contributed by atoms with Crippen LogP contribution in [0.1, 0.15) is 18.0 Å². The van der Waals surface area contributed by atoms with E-state index < -0.39 is 36.7 Å². The van der Waals surface area contributed by atoms with E-state index in [0.29, 0.717) is 0 Å². The molecule has 0 amide bonds. The number of phenolic OH excluding ortho intramolecular Hbond substituents is 1. The lowest BCUT2D eigenvalue weighted by molar-refractivity contribution is -0.274. The number of phenols is 1. The summed E-state index contributed by atoms with van der Waals surface area (Å²) in [5.74, 6) is -1.09. The molecule has 0 saturated heterocycles. The molecule has 0 aromatic heterocycles. The molecule has 1 rings (SSSR count). The van der Waals surface area contributed by atoms with E-state index in [0.717, 1.165) is 18.2 Å². The Morgan fingerprint density at radius 1 is 1.26 bits per heavy atom. The Morgan fingerprint density at radius 2 is 1.84 bits per heavy atom. The summed E-state index contributed by atoms with van der Waals surface area (Å²) in [4.78, 5) is 0. The average molecular weight is 308 g/mol. The monoisotopic (exact) mass is 307 g/mol. The van der Waals surface area contributed by atoms with Gasteiger partial charge < -0.3 is 15.6 Å². The smallest absolute Gasteiger partial charge is 0.508 e. The second-order valence-electron chi connectivity index (χ2n) is 3.50. The first kappa shape index (κ1) is 17.7. The van der Waals surface area contributed by atoms with E-state index in [-0.39, 0.29) is 18.0 Å². The van der Waals surface area contributed by atoms with Crippen LogP contribution in [0, 0.1) is 0 Å². The Morgan fingerprint density at radius 3 is 2.32 bits per heavy atom. The quantitative estimate of drug-likeness (QED) is 0.839. The van der Waals surface area contributed by atoms with Crippen LogP contribution >= 0.6 is 12.4 Å². The van der Waals surface area contributed by atoms with Gasteiger partial charge in [0.2, 0.25) is 6.43 Å². The summed E-state index contributed by atoms with van der Waals surface area (Å²) < 4.78 is 63.6. The standard InChI is InChI=1S/C10H10F5NO2.ClH/c11-9(12)4-7(16)6-3-5(1-2-8(6)17)18-10(13,14)15;/h1-3,7,9,17H,4,16H2;1H/t7-;/m0./s1. The highest BCUT2D eigenvalue weighted by Gasteiger charge is 2.31. The number of hydrogen-bond donors (Lipinski definition) is 2. The van der Waals surface area contributed by atoms with Gasteiger partial charge >= 0.3 is 6.36 Å². The van der Waals surface area contributed by atoms with Crippen molar-refractivity contribution >= 4 is 12.4 Å². The van der Waals surface area contributed by atoms with Crippen molar-refractivity contribution in [2.75, 3.05) is 0 Å². The summed E-state index contributed by atoms with van der Waals surface area (Å²) in [6.07, 6.45) is -8.41. The molecule has 0 aliphatic rings. The Labute approximate surface area is 111 Å². The third-order valence-electron chi connectivity index (χ3n) is 2.06. The van der Waals surface area contributed by atoms with Crippen LogP contribution in [-0.2, 0) is 0 Å². The van der Waals surface area contributed by atoms with Crippen LogP contribution in [-0.4, -0.2) is 17.9 Å². The average Bonchev–Trinajstić information content (AvgIpc) is 2.17. The first-order valence-electron chi connectivity index (χ1n) is 4.81. The van der Waals surface area contributed by atoms with Gasteiger partial charge in [-0.15, -0.1) is 25.6 Å². The fraction of sp³-hybridized carbons (Fsp3) is 0.400. The van der Waals surface area contributed by atoms with Crippen molar-refractivity contribution in [2.24, 2.45) is 5.73 Å². The Kier molecular flexibility index (Phi) is 6.31. The summed E-state index contributed by atoms with van der Waals surface area (Å²) >= 11 is 0. The van der Waals surface area contributed by atoms with Crippen LogP contribution in [0.25, 0.3) is 0 Å². The van der Waals surface area contributed by atoms with Gasteiger partial charge in [0.15, 0.2) is 0 Å². The topological polar surface area (TPSA) is 55.5 Å². The summed E-state index contributed by atoms with van der Waals surface area (Å²) in [5.41, 5.74) is 5.13. The van der Waals surface area contributed by atoms with E-state index >= 15 is 0 Å². The van der Waals surface area contributed by atoms with Crippen molar-refractivity contribution in [3.8, 4) is 11.5 Å². The molecule has 19 heavy (non-hydrogen) atoms. The molecular formula is C10H11ClF5NO2.